The van der Waals surface area contributed by atoms with E-state index in [-0.39, 0.29) is 47.6 Å². The van der Waals surface area contributed by atoms with Crippen LogP contribution >= 0.6 is 23.1 Å². The van der Waals surface area contributed by atoms with Gasteiger partial charge in [-0.1, -0.05) is 53.4 Å². The zero-order chi connectivity index (χ0) is 16.9. The molecule has 3 aromatic rings. The van der Waals surface area contributed by atoms with Gasteiger partial charge >= 0.3 is 34.4 Å². The van der Waals surface area contributed by atoms with Crippen molar-refractivity contribution in [1.82, 2.24) is 15.0 Å². The quantitative estimate of drug-likeness (QED) is 0.269. The molecule has 0 aliphatic rings. The zero-order valence-electron chi connectivity index (χ0n) is 12.6. The minimum atomic E-state index is -0.549. The molecule has 0 spiro atoms. The van der Waals surface area contributed by atoms with E-state index in [9.17, 15) is 15.0 Å². The maximum atomic E-state index is 11.6. The van der Waals surface area contributed by atoms with Gasteiger partial charge in [-0.25, -0.2) is 9.97 Å². The van der Waals surface area contributed by atoms with Crippen LogP contribution in [0.2, 0.25) is 0 Å². The third-order valence-electron chi connectivity index (χ3n) is 3.25. The number of thiazole rings is 1. The van der Waals surface area contributed by atoms with Crippen LogP contribution in [-0.2, 0) is 5.75 Å². The van der Waals surface area contributed by atoms with Crippen LogP contribution in [0.4, 0.5) is 5.82 Å². The summed E-state index contributed by atoms with van der Waals surface area (Å²) in [7, 11) is 0. The van der Waals surface area contributed by atoms with E-state index in [2.05, 4.69) is 20.3 Å². The van der Waals surface area contributed by atoms with E-state index in [0.717, 1.165) is 16.9 Å². The number of anilines is 1. The van der Waals surface area contributed by atoms with Crippen molar-refractivity contribution in [3.8, 4) is 0 Å². The first kappa shape index (κ1) is 20.4. The van der Waals surface area contributed by atoms with E-state index in [0.29, 0.717) is 27.1 Å². The molecule has 0 atom stereocenters. The number of fused-ring (bicyclic) bond motifs is 1. The predicted octanol–water partition coefficient (Wildman–Crippen LogP) is 0.788. The van der Waals surface area contributed by atoms with E-state index in [1.807, 2.05) is 30.3 Å². The average Bonchev–Trinajstić information content (AvgIpc) is 2.99. The van der Waals surface area contributed by atoms with Crippen LogP contribution in [-0.4, -0.2) is 74.0 Å². The number of aliphatic hydroxyl groups is 2. The molecule has 4 N–H and O–H groups in total. The molecule has 0 saturated carbocycles. The van der Waals surface area contributed by atoms with Gasteiger partial charge in [0.2, 0.25) is 0 Å². The Morgan fingerprint density at radius 2 is 1.92 bits per heavy atom. The number of aliphatic hydroxyl groups excluding tert-OH is 2. The third-order valence-corrected chi connectivity index (χ3v) is 5.05. The molecule has 0 aliphatic carbocycles. The molecule has 3 rings (SSSR count). The van der Waals surface area contributed by atoms with Crippen LogP contribution in [0.5, 0.6) is 0 Å². The number of nitrogens with zero attached hydrogens (tertiary/aromatic N) is 2. The second kappa shape index (κ2) is 9.67. The molecule has 2 heterocycles. The summed E-state index contributed by atoms with van der Waals surface area (Å²) in [4.78, 5) is 22.9. The number of hydrogen-bond acceptors (Lipinski definition) is 8. The van der Waals surface area contributed by atoms with Gasteiger partial charge in [0.1, 0.15) is 4.70 Å². The first-order valence-electron chi connectivity index (χ1n) is 7.25. The Hall–Kier alpha value is -0.940. The Labute approximate surface area is 174 Å². The summed E-state index contributed by atoms with van der Waals surface area (Å²) < 4.78 is 0.580. The molecule has 0 unspecified atom stereocenters. The normalized spacial score (nSPS) is 10.8. The number of rotatable bonds is 7. The Balaban J connectivity index is 0.00000225. The SMILES string of the molecule is O=c1[nH]c2nc(SCc3ccccc3)nc(NC(CO)CO)c2s1.[NaH]. The number of nitrogens with one attached hydrogen (secondary N) is 2. The molecular weight excluding hydrogens is 371 g/mol. The number of thioether (sulfide) groups is 1. The average molecular weight is 388 g/mol. The van der Waals surface area contributed by atoms with Gasteiger partial charge in [-0.3, -0.25) is 9.78 Å². The van der Waals surface area contributed by atoms with Gasteiger partial charge < -0.3 is 15.5 Å². The van der Waals surface area contributed by atoms with Gasteiger partial charge in [-0.05, 0) is 5.56 Å². The van der Waals surface area contributed by atoms with Crippen LogP contribution in [0.25, 0.3) is 10.3 Å². The fraction of sp³-hybridized carbons (Fsp3) is 0.267. The van der Waals surface area contributed by atoms with Gasteiger partial charge in [0, 0.05) is 5.75 Å². The second-order valence-corrected chi connectivity index (χ2v) is 6.95. The van der Waals surface area contributed by atoms with Crippen LogP contribution in [0.3, 0.4) is 0 Å². The molecule has 2 aromatic heterocycles. The van der Waals surface area contributed by atoms with Gasteiger partial charge in [0.05, 0.1) is 19.3 Å². The topological polar surface area (TPSA) is 111 Å². The second-order valence-electron chi connectivity index (χ2n) is 5.03. The Bertz CT molecular complexity index is 868. The molecule has 0 amide bonds. The first-order valence-corrected chi connectivity index (χ1v) is 9.05. The molecular formula is C15H17N4NaO3S2. The molecule has 0 aliphatic heterocycles. The van der Waals surface area contributed by atoms with Crippen LogP contribution < -0.4 is 10.2 Å². The fourth-order valence-electron chi connectivity index (χ4n) is 2.05. The number of aromatic amines is 1. The van der Waals surface area contributed by atoms with Crippen molar-refractivity contribution < 1.29 is 10.2 Å². The molecule has 7 nitrogen and oxygen atoms in total. The van der Waals surface area contributed by atoms with Gasteiger partial charge in [0.15, 0.2) is 16.6 Å². The number of H-pyrrole nitrogens is 1. The van der Waals surface area contributed by atoms with Crippen molar-refractivity contribution in [2.45, 2.75) is 17.0 Å². The standard InChI is InChI=1S/C15H16N4O3S2.Na.H/c20-6-10(7-21)16-12-11-13(19-15(22)24-11)18-14(17-12)23-8-9-4-2-1-3-5-9;;/h1-5,10,20-21H,6-8H2,(H2,16,17,18,19,22);;. The summed E-state index contributed by atoms with van der Waals surface area (Å²) in [6, 6.07) is 9.38. The molecule has 10 heteroatoms. The first-order chi connectivity index (χ1) is 11.7. The summed E-state index contributed by atoms with van der Waals surface area (Å²) in [6.07, 6.45) is 0. The van der Waals surface area contributed by atoms with Gasteiger partial charge in [-0.2, -0.15) is 0 Å². The van der Waals surface area contributed by atoms with Crippen molar-refractivity contribution in [1.29, 1.82) is 0 Å². The van der Waals surface area contributed by atoms with Crippen molar-refractivity contribution in [2.24, 2.45) is 0 Å². The predicted molar refractivity (Wildman–Crippen MR) is 103 cm³/mol. The number of benzene rings is 1. The number of hydrogen-bond donors (Lipinski definition) is 4. The Morgan fingerprint density at radius 3 is 2.60 bits per heavy atom. The monoisotopic (exact) mass is 388 g/mol. The van der Waals surface area contributed by atoms with E-state index in [4.69, 9.17) is 0 Å². The zero-order valence-corrected chi connectivity index (χ0v) is 14.2. The Morgan fingerprint density at radius 1 is 1.20 bits per heavy atom. The summed E-state index contributed by atoms with van der Waals surface area (Å²) in [5.74, 6) is 1.14. The summed E-state index contributed by atoms with van der Waals surface area (Å²) >= 11 is 2.44. The van der Waals surface area contributed by atoms with Crippen molar-refractivity contribution in [2.75, 3.05) is 18.5 Å². The van der Waals surface area contributed by atoms with E-state index >= 15 is 0 Å². The molecule has 0 radical (unpaired) electrons. The molecule has 0 bridgehead atoms. The van der Waals surface area contributed by atoms with Gasteiger partial charge in [0.25, 0.3) is 0 Å². The maximum absolute atomic E-state index is 11.6. The molecule has 128 valence electrons. The molecule has 0 saturated heterocycles. The summed E-state index contributed by atoms with van der Waals surface area (Å²) in [5.41, 5.74) is 1.59. The summed E-state index contributed by atoms with van der Waals surface area (Å²) in [6.45, 7) is -0.485. The molecule has 1 aromatic carbocycles. The molecule has 0 fully saturated rings. The van der Waals surface area contributed by atoms with Gasteiger partial charge in [-0.15, -0.1) is 0 Å². The van der Waals surface area contributed by atoms with Crippen LogP contribution in [0, 0.1) is 0 Å². The molecule has 25 heavy (non-hydrogen) atoms. The van der Waals surface area contributed by atoms with Crippen molar-refractivity contribution in [3.63, 3.8) is 0 Å². The number of aromatic nitrogens is 3. The fourth-order valence-corrected chi connectivity index (χ4v) is 3.58. The minimum absolute atomic E-state index is 0. The van der Waals surface area contributed by atoms with Crippen molar-refractivity contribution in [3.05, 3.63) is 45.6 Å². The van der Waals surface area contributed by atoms with Crippen molar-refractivity contribution >= 4 is 68.8 Å². The van der Waals surface area contributed by atoms with Crippen LogP contribution in [0.1, 0.15) is 5.56 Å². The van der Waals surface area contributed by atoms with E-state index < -0.39 is 6.04 Å². The van der Waals surface area contributed by atoms with Crippen LogP contribution in [0.15, 0.2) is 40.3 Å². The summed E-state index contributed by atoms with van der Waals surface area (Å²) in [5, 5.41) is 22.0. The van der Waals surface area contributed by atoms with E-state index in [1.165, 1.54) is 11.8 Å². The Kier molecular flexibility index (Phi) is 7.88. The third kappa shape index (κ3) is 5.27. The van der Waals surface area contributed by atoms with E-state index in [1.54, 1.807) is 0 Å².